The number of Topliss-reactive ketones (excluding diaryl/α,β-unsaturated/α-hetero) is 3. The van der Waals surface area contributed by atoms with Gasteiger partial charge in [-0.05, 0) is 143 Å². The monoisotopic (exact) mass is 2470 g/mol. The van der Waals surface area contributed by atoms with Crippen LogP contribution in [-0.2, 0) is 65.3 Å². The number of methoxy groups -OCH3 is 1. The number of aliphatic hydroxyl groups is 7. The summed E-state index contributed by atoms with van der Waals surface area (Å²) in [7, 11) is -10.4. The van der Waals surface area contributed by atoms with E-state index in [1.54, 1.807) is 118 Å². The van der Waals surface area contributed by atoms with Gasteiger partial charge in [-0.1, -0.05) is 75.4 Å². The third kappa shape index (κ3) is 24.5. The molecule has 5 saturated heterocycles. The number of aliphatic hydroxyl groups excluding tert-OH is 7. The largest absolute Gasteiger partial charge is 0.479 e. The van der Waals surface area contributed by atoms with Crippen LogP contribution in [0.3, 0.4) is 0 Å². The van der Waals surface area contributed by atoms with Crippen LogP contribution in [0.15, 0.2) is 151 Å². The molecule has 804 valence electrons. The van der Waals surface area contributed by atoms with E-state index in [1.807, 2.05) is 0 Å². The number of hydrogen-bond acceptors (Lipinski definition) is 44. The van der Waals surface area contributed by atoms with E-state index in [0.717, 1.165) is 21.8 Å². The summed E-state index contributed by atoms with van der Waals surface area (Å²) in [5.74, 6) is -1.67. The lowest BCUT2D eigenvalue weighted by Crippen LogP contribution is -2.38. The number of imidazole rings is 4. The second-order valence-electron chi connectivity index (χ2n) is 34.4. The SMILES string of the molecule is CC(=O)[C@H](C)CP(=O)(OC[C@H]1O[C@@H](n2ccc3c(N)ncnc32)C(F)(Br)[C@H]1O)Oc1ccccc1.CC(=O)[C@H](C)CP(=O)(OC[C@H]1O[C@@H](n2cnc3c(=O)[nH]c(N)nc32)C(F)(Br)[C@H]1O)Oc1ccccc1.CC(=O)[C@H](C)CP(=O)(OC[C@H]1O[C@@H](n2cnc3c(N)ncnc32)C(F)(Br)[C@H]1O)Oc1ccccc1.COc1nc(N)nc2c1ncn2[C@@H]1O[C@H](CO)[C@H](O)C1(F)Br.Nc1nc2c(ncn2[C@@H]2O[C@H](CO)[C@H](O)C2(F)Br)c(=O)[nH]1. The number of para-hydroxylation sites is 3. The van der Waals surface area contributed by atoms with Gasteiger partial charge in [-0.25, -0.2) is 75.5 Å². The molecule has 64 heteroatoms. The maximum atomic E-state index is 15.6. The molecular weight excluding hydrogens is 2380 g/mol. The molecule has 51 nitrogen and oxygen atoms in total. The lowest BCUT2D eigenvalue weighted by atomic mass is 10.1. The van der Waals surface area contributed by atoms with Crippen LogP contribution < -0.4 is 58.1 Å². The first-order chi connectivity index (χ1) is 70.2. The quantitative estimate of drug-likeness (QED) is 0.0107. The van der Waals surface area contributed by atoms with Crippen LogP contribution in [0.25, 0.3) is 55.7 Å². The molecule has 5 fully saturated rings. The number of carbonyl (C=O) groups is 3. The first-order valence-electron chi connectivity index (χ1n) is 44.4. The van der Waals surface area contributed by atoms with Gasteiger partial charge in [0.1, 0.15) is 125 Å². The summed E-state index contributed by atoms with van der Waals surface area (Å²) in [6.45, 7) is 6.33. The summed E-state index contributed by atoms with van der Waals surface area (Å²) in [5, 5.41) is 70.5. The van der Waals surface area contributed by atoms with E-state index in [-0.39, 0.29) is 133 Å². The first-order valence-corrected chi connectivity index (χ1v) is 53.6. The molecule has 5 aliphatic rings. The Labute approximate surface area is 879 Å². The molecule has 0 amide bonds. The maximum absolute atomic E-state index is 15.6. The van der Waals surface area contributed by atoms with Crippen LogP contribution in [0.4, 0.5) is 51.4 Å². The molecule has 3 aromatic carbocycles. The van der Waals surface area contributed by atoms with E-state index in [9.17, 15) is 72.0 Å². The fraction of sp³-hybridized carbons (Fsp3) is 0.447. The van der Waals surface area contributed by atoms with Gasteiger partial charge in [0.25, 0.3) is 11.1 Å². The average molecular weight is 2470 g/mol. The highest BCUT2D eigenvalue weighted by atomic mass is 79.9. The zero-order valence-electron chi connectivity index (χ0n) is 78.7. The Morgan fingerprint density at radius 3 is 1.05 bits per heavy atom. The Kier molecular flexibility index (Phi) is 35.3. The van der Waals surface area contributed by atoms with Gasteiger partial charge in [0, 0.05) is 24.0 Å². The van der Waals surface area contributed by atoms with Gasteiger partial charge in [0.2, 0.25) is 46.6 Å². The minimum absolute atomic E-state index is 0.00788. The number of nitrogen functional groups attached to an aromatic ring is 5. The summed E-state index contributed by atoms with van der Waals surface area (Å²) < 4.78 is 178. The molecule has 26 atom stereocenters. The highest BCUT2D eigenvalue weighted by Crippen LogP contribution is 2.58. The number of anilines is 5. The van der Waals surface area contributed by atoms with Crippen LogP contribution in [-0.4, -0.2) is 288 Å². The smallest absolute Gasteiger partial charge is 0.379 e. The average Bonchev–Trinajstić information content (AvgIpc) is 1.61. The predicted octanol–water partition coefficient (Wildman–Crippen LogP) is 8.36. The van der Waals surface area contributed by atoms with Crippen molar-refractivity contribution >= 4 is 205 Å². The van der Waals surface area contributed by atoms with E-state index in [0.29, 0.717) is 11.0 Å². The highest BCUT2D eigenvalue weighted by Gasteiger charge is 2.63. The van der Waals surface area contributed by atoms with Crippen molar-refractivity contribution in [1.29, 1.82) is 0 Å². The zero-order valence-corrected chi connectivity index (χ0v) is 89.3. The number of carbonyl (C=O) groups excluding carboxylic acids is 3. The minimum Gasteiger partial charge on any atom is -0.479 e. The normalized spacial score (nSPS) is 28.4. The second kappa shape index (κ2) is 46.2. The van der Waals surface area contributed by atoms with Gasteiger partial charge in [-0.3, -0.25) is 65.8 Å². The Hall–Kier alpha value is -10.6. The van der Waals surface area contributed by atoms with Crippen molar-refractivity contribution in [3.63, 3.8) is 0 Å². The number of nitrogens with one attached hydrogen (secondary N) is 2. The van der Waals surface area contributed by atoms with Gasteiger partial charge in [-0.15, -0.1) is 0 Å². The summed E-state index contributed by atoms with van der Waals surface area (Å²) >= 11 is 14.3. The van der Waals surface area contributed by atoms with Crippen molar-refractivity contribution in [2.24, 2.45) is 17.8 Å². The number of alkyl halides is 10. The molecule has 19 N–H and O–H groups in total. The lowest BCUT2D eigenvalue weighted by Gasteiger charge is -2.24. The van der Waals surface area contributed by atoms with E-state index >= 15 is 13.2 Å². The van der Waals surface area contributed by atoms with E-state index in [2.05, 4.69) is 149 Å². The topological polar surface area (TPSA) is 730 Å². The first kappa shape index (κ1) is 114. The number of nitrogens with two attached hydrogens (primary N) is 5. The lowest BCUT2D eigenvalue weighted by molar-refractivity contribution is -0.120. The van der Waals surface area contributed by atoms with Crippen LogP contribution in [0, 0.1) is 17.8 Å². The van der Waals surface area contributed by atoms with Gasteiger partial charge >= 0.3 is 22.8 Å². The number of aromatic amines is 2. The number of ether oxygens (including phenoxy) is 6. The van der Waals surface area contributed by atoms with Gasteiger partial charge in [0.05, 0.1) is 89.3 Å². The van der Waals surface area contributed by atoms with Gasteiger partial charge < -0.3 is 111 Å². The van der Waals surface area contributed by atoms with Crippen molar-refractivity contribution < 1.29 is 141 Å². The molecule has 5 aliphatic heterocycles. The highest BCUT2D eigenvalue weighted by molar-refractivity contribution is 9.10. The van der Waals surface area contributed by atoms with Crippen molar-refractivity contribution in [1.82, 2.24) is 92.6 Å². The Morgan fingerprint density at radius 2 is 0.718 bits per heavy atom. The molecule has 0 aliphatic carbocycles. The fourth-order valence-corrected chi connectivity index (χ4v) is 24.5. The number of nitrogens with zero attached hydrogens (tertiary/aromatic N) is 17. The number of benzene rings is 3. The van der Waals surface area contributed by atoms with E-state index in [4.69, 9.17) is 94.4 Å². The van der Waals surface area contributed by atoms with E-state index < -0.39 is 200 Å². The van der Waals surface area contributed by atoms with Crippen LogP contribution in [0.1, 0.15) is 72.7 Å². The number of halogens is 10. The van der Waals surface area contributed by atoms with Crippen molar-refractivity contribution in [2.75, 3.05) is 87.3 Å². The number of hydrogen-bond donors (Lipinski definition) is 14. The fourth-order valence-electron chi connectivity index (χ4n) is 15.5. The number of ketones is 3. The van der Waals surface area contributed by atoms with Gasteiger partial charge in [-0.2, -0.15) is 19.9 Å². The van der Waals surface area contributed by atoms with Crippen LogP contribution >= 0.6 is 102 Å². The molecule has 18 rings (SSSR count). The molecular formula is C85H97Br5F5N24O27P3. The van der Waals surface area contributed by atoms with Crippen LogP contribution in [0.2, 0.25) is 0 Å². The summed E-state index contributed by atoms with van der Waals surface area (Å²) in [5.41, 5.74) is 28.1. The molecule has 0 radical (unpaired) electrons. The number of aromatic nitrogens is 19. The number of fused-ring (bicyclic) bond motifs is 5. The molecule has 13 aromatic rings. The van der Waals surface area contributed by atoms with Gasteiger partial charge in [0.15, 0.2) is 76.1 Å². The third-order valence-electron chi connectivity index (χ3n) is 23.8. The Bertz CT molecular complexity index is 7080. The minimum atomic E-state index is -3.95. The van der Waals surface area contributed by atoms with Crippen molar-refractivity contribution in [3.8, 4) is 23.1 Å². The molecule has 0 saturated carbocycles. The second-order valence-corrected chi connectivity index (χ2v) is 46.5. The summed E-state index contributed by atoms with van der Waals surface area (Å²) in [6.07, 6.45) is -13.2. The number of H-pyrrole nitrogens is 2. The standard InChI is InChI=1S/C22H25BrFN4O6P.C21H24BrFN5O7P.C21H24BrFN5O6P.C11H13BrFN5O4.C10H11BrFN5O4/c1-13(14(2)29)11-35(31,34-15-6-4-3-5-7-15)32-10-17-18(30)22(23,24)21(33-17)28-9-8-16-19(25)26-12-27-20(16)28;1-11(12(2)29)9-36(32,35-13-6-4-3-5-7-13)33-8-14-16(30)21(22,23)19(34-14)28-10-25-15-17(28)26-20(24)27-18(15)31;1-12(13(2)29)9-35(31,34-14-6-4-3-5-7-14)32-8-15-17(30)21(22,23)20(33-15)28-11-27-16-18(24)25-10-26-19(16)28;1-21-8-5-7(16-10(14)17-8)18(3-15-5)9-11(12,13)6(20)4(2-19)22-9;11-10(12)5(19)3(1-18)21-8(10)17-2-14-4-6(17)15-9(13)16-7(4)20/h3-9,12-13,17-18,21,30H,10-11H2,1-2H3,(H2,25,26,27);3-7,10-11,14,16,19,30H,8-9H2,1-2H3,(H3,24,26,27,31);3-7,10-12,15,17,20,30H,8-9H2,1-2H3,(H2,24,25,26);3-4,6,9,19-20H,2H2,1H3,(H2,14,16,17);2-3,5,8,18-19H,1H2,(H3,13,15,16,20)/t13-,17-,18+,21-,22?,35?;11-,14-,16+,19-,21?,36?;12-,15-,17+,20-,21?,35?;4-,6+,9-,11?;3-,5+,8-,10?/m11111/s1. The molecule has 0 bridgehead atoms. The molecule has 8 unspecified atom stereocenters. The maximum Gasteiger partial charge on any atom is 0.379 e. The van der Waals surface area contributed by atoms with E-state index in [1.165, 1.54) is 73.1 Å². The molecule has 15 heterocycles. The number of rotatable bonds is 32. The Balaban J connectivity index is 0.000000149. The molecule has 0 spiro atoms. The predicted molar refractivity (Wildman–Crippen MR) is 537 cm³/mol. The summed E-state index contributed by atoms with van der Waals surface area (Å²) in [4.78, 5) is 111. The Morgan fingerprint density at radius 1 is 0.416 bits per heavy atom. The van der Waals surface area contributed by atoms with Crippen LogP contribution in [0.5, 0.6) is 23.1 Å². The van der Waals surface area contributed by atoms with Crippen molar-refractivity contribution in [3.05, 3.63) is 162 Å². The summed E-state index contributed by atoms with van der Waals surface area (Å²) in [6, 6.07) is 26.5. The molecule has 10 aromatic heterocycles. The molecule has 149 heavy (non-hydrogen) atoms. The van der Waals surface area contributed by atoms with Crippen molar-refractivity contribution in [2.45, 2.75) is 157 Å². The third-order valence-corrected chi connectivity index (χ3v) is 34.2. The zero-order chi connectivity index (χ0) is 108.